The predicted molar refractivity (Wildman–Crippen MR) is 180 cm³/mol. The highest BCUT2D eigenvalue weighted by molar-refractivity contribution is 6.05. The van der Waals surface area contributed by atoms with Gasteiger partial charge < -0.3 is 9.32 Å². The van der Waals surface area contributed by atoms with Crippen LogP contribution in [0.5, 0.6) is 0 Å². The van der Waals surface area contributed by atoms with E-state index in [9.17, 15) is 0 Å². The molecule has 44 heavy (non-hydrogen) atoms. The molecule has 0 N–H and O–H groups in total. The number of hydrogen-bond donors (Lipinski definition) is 0. The third kappa shape index (κ3) is 3.99. The van der Waals surface area contributed by atoms with Crippen LogP contribution >= 0.6 is 0 Å². The van der Waals surface area contributed by atoms with Crippen molar-refractivity contribution in [2.45, 2.75) is 25.7 Å². The first-order valence-electron chi connectivity index (χ1n) is 15.4. The zero-order chi connectivity index (χ0) is 29.0. The second kappa shape index (κ2) is 10.1. The molecule has 0 amide bonds. The lowest BCUT2D eigenvalue weighted by molar-refractivity contribution is 0.630. The fourth-order valence-corrected chi connectivity index (χ4v) is 6.96. The van der Waals surface area contributed by atoms with Crippen LogP contribution in [0.4, 0.5) is 11.4 Å². The van der Waals surface area contributed by atoms with Crippen molar-refractivity contribution in [2.75, 3.05) is 4.90 Å². The van der Waals surface area contributed by atoms with E-state index in [0.29, 0.717) is 0 Å². The van der Waals surface area contributed by atoms with Gasteiger partial charge in [-0.1, -0.05) is 66.8 Å². The van der Waals surface area contributed by atoms with Gasteiger partial charge in [0.2, 0.25) is 0 Å². The molecule has 6 aromatic rings. The number of para-hydroxylation sites is 2. The van der Waals surface area contributed by atoms with E-state index < -0.39 is 0 Å². The molecule has 0 spiro atoms. The van der Waals surface area contributed by atoms with Crippen molar-refractivity contribution in [1.82, 2.24) is 9.97 Å². The van der Waals surface area contributed by atoms with Gasteiger partial charge in [-0.3, -0.25) is 4.98 Å². The predicted octanol–water partition coefficient (Wildman–Crippen LogP) is 10.7. The van der Waals surface area contributed by atoms with Gasteiger partial charge in [0.15, 0.2) is 0 Å². The lowest BCUT2D eigenvalue weighted by Gasteiger charge is -2.30. The summed E-state index contributed by atoms with van der Waals surface area (Å²) in [5.74, 6) is 0.918. The minimum atomic E-state index is 0.916. The van der Waals surface area contributed by atoms with Gasteiger partial charge in [-0.15, -0.1) is 0 Å². The molecule has 0 saturated heterocycles. The van der Waals surface area contributed by atoms with Gasteiger partial charge in [0, 0.05) is 45.0 Å². The summed E-state index contributed by atoms with van der Waals surface area (Å²) in [6.07, 6.45) is 19.1. The number of allylic oxidation sites excluding steroid dienone is 7. The van der Waals surface area contributed by atoms with Crippen LogP contribution in [0.3, 0.4) is 0 Å². The van der Waals surface area contributed by atoms with Crippen molar-refractivity contribution in [2.24, 2.45) is 0 Å². The molecule has 3 aliphatic rings. The lowest BCUT2D eigenvalue weighted by atomic mass is 9.91. The van der Waals surface area contributed by atoms with E-state index in [4.69, 9.17) is 9.40 Å². The van der Waals surface area contributed by atoms with Crippen molar-refractivity contribution < 1.29 is 4.42 Å². The summed E-state index contributed by atoms with van der Waals surface area (Å²) in [5, 5.41) is 2.30. The van der Waals surface area contributed by atoms with Crippen molar-refractivity contribution in [1.29, 1.82) is 0 Å². The molecule has 3 aromatic carbocycles. The first-order chi connectivity index (χ1) is 21.8. The fraction of sp³-hybridized carbons (Fsp3) is 0.100. The van der Waals surface area contributed by atoms with E-state index in [-0.39, 0.29) is 0 Å². The number of furan rings is 1. The zero-order valence-corrected chi connectivity index (χ0v) is 24.2. The third-order valence-electron chi connectivity index (χ3n) is 9.02. The standard InChI is InChI=1S/C40H29N3O/c1-2-10-26(11-3-1)28-22-29(35-19-18-27-12-4-7-15-34(27)42-35)24-30(23-28)43-36-16-8-5-13-31(36)39-33-14-6-9-17-38(33)44-40(39)32-20-21-41-25-37(32)43/h1-2,4,6-10,12,14-25H,3,5,11,13H2. The van der Waals surface area contributed by atoms with E-state index in [1.165, 1.54) is 28.0 Å². The Hall–Kier alpha value is -5.48. The van der Waals surface area contributed by atoms with Crippen LogP contribution < -0.4 is 4.90 Å². The van der Waals surface area contributed by atoms with E-state index in [2.05, 4.69) is 119 Å². The molecule has 3 aromatic heterocycles. The molecule has 210 valence electrons. The highest BCUT2D eigenvalue weighted by Crippen LogP contribution is 2.51. The topological polar surface area (TPSA) is 42.2 Å². The Kier molecular flexibility index (Phi) is 5.73. The monoisotopic (exact) mass is 567 g/mol. The number of aromatic nitrogens is 2. The van der Waals surface area contributed by atoms with Gasteiger partial charge in [-0.05, 0) is 90.9 Å². The molecular weight excluding hydrogens is 538 g/mol. The van der Waals surface area contributed by atoms with Crippen LogP contribution in [-0.2, 0) is 0 Å². The highest BCUT2D eigenvalue weighted by Gasteiger charge is 2.32. The van der Waals surface area contributed by atoms with Gasteiger partial charge in [-0.2, -0.15) is 0 Å². The molecule has 0 atom stereocenters. The molecule has 4 heterocycles. The first-order valence-corrected chi connectivity index (χ1v) is 15.4. The van der Waals surface area contributed by atoms with Gasteiger partial charge in [-0.25, -0.2) is 4.98 Å². The molecule has 0 bridgehead atoms. The van der Waals surface area contributed by atoms with Crippen molar-refractivity contribution in [3.63, 3.8) is 0 Å². The number of nitrogens with zero attached hydrogens (tertiary/aromatic N) is 3. The minimum absolute atomic E-state index is 0.916. The normalized spacial score (nSPS) is 15.6. The summed E-state index contributed by atoms with van der Waals surface area (Å²) >= 11 is 0. The summed E-state index contributed by atoms with van der Waals surface area (Å²) in [4.78, 5) is 12.2. The quantitative estimate of drug-likeness (QED) is 0.213. The minimum Gasteiger partial charge on any atom is -0.455 e. The first kappa shape index (κ1) is 25.1. The fourth-order valence-electron chi connectivity index (χ4n) is 6.96. The second-order valence-corrected chi connectivity index (χ2v) is 11.7. The van der Waals surface area contributed by atoms with Gasteiger partial charge in [0.25, 0.3) is 0 Å². The van der Waals surface area contributed by atoms with Crippen LogP contribution in [-0.4, -0.2) is 9.97 Å². The van der Waals surface area contributed by atoms with Crippen LogP contribution in [0.2, 0.25) is 0 Å². The lowest BCUT2D eigenvalue weighted by Crippen LogP contribution is -2.18. The number of hydrogen-bond acceptors (Lipinski definition) is 4. The van der Waals surface area contributed by atoms with E-state index in [1.54, 1.807) is 0 Å². The highest BCUT2D eigenvalue weighted by atomic mass is 16.3. The maximum Gasteiger partial charge on any atom is 0.145 e. The van der Waals surface area contributed by atoms with E-state index in [0.717, 1.165) is 81.5 Å². The third-order valence-corrected chi connectivity index (χ3v) is 9.02. The molecule has 0 radical (unpaired) electrons. The Morgan fingerprint density at radius 3 is 2.64 bits per heavy atom. The summed E-state index contributed by atoms with van der Waals surface area (Å²) in [6, 6.07) is 30.1. The Bertz CT molecular complexity index is 2250. The van der Waals surface area contributed by atoms with Crippen LogP contribution in [0.1, 0.15) is 36.8 Å². The van der Waals surface area contributed by atoms with Crippen molar-refractivity contribution in [3.05, 3.63) is 145 Å². The number of pyridine rings is 2. The summed E-state index contributed by atoms with van der Waals surface area (Å²) < 4.78 is 6.64. The van der Waals surface area contributed by atoms with Gasteiger partial charge in [0.1, 0.15) is 11.3 Å². The Morgan fingerprint density at radius 2 is 1.68 bits per heavy atom. The smallest absolute Gasteiger partial charge is 0.145 e. The molecule has 4 heteroatoms. The average molecular weight is 568 g/mol. The molecule has 0 unspecified atom stereocenters. The molecular formula is C40H29N3O. The molecule has 2 aliphatic carbocycles. The number of anilines is 2. The molecule has 1 aliphatic heterocycles. The molecule has 4 nitrogen and oxygen atoms in total. The summed E-state index contributed by atoms with van der Waals surface area (Å²) in [7, 11) is 0. The zero-order valence-electron chi connectivity index (χ0n) is 24.2. The Morgan fingerprint density at radius 1 is 0.795 bits per heavy atom. The van der Waals surface area contributed by atoms with Gasteiger partial charge in [0.05, 0.1) is 23.1 Å². The number of rotatable bonds is 3. The van der Waals surface area contributed by atoms with E-state index in [1.807, 2.05) is 18.5 Å². The van der Waals surface area contributed by atoms with Crippen LogP contribution in [0, 0.1) is 0 Å². The van der Waals surface area contributed by atoms with Gasteiger partial charge >= 0.3 is 0 Å². The second-order valence-electron chi connectivity index (χ2n) is 11.7. The largest absolute Gasteiger partial charge is 0.455 e. The molecule has 0 fully saturated rings. The average Bonchev–Trinajstić information content (AvgIpc) is 3.43. The summed E-state index contributed by atoms with van der Waals surface area (Å²) in [6.45, 7) is 0. The van der Waals surface area contributed by atoms with Crippen LogP contribution in [0.25, 0.3) is 55.6 Å². The Labute approximate surface area is 256 Å². The van der Waals surface area contributed by atoms with Crippen molar-refractivity contribution in [3.8, 4) is 22.6 Å². The Balaban J connectivity index is 1.33. The van der Waals surface area contributed by atoms with Crippen LogP contribution in [0.15, 0.2) is 138 Å². The summed E-state index contributed by atoms with van der Waals surface area (Å²) in [5.41, 5.74) is 13.3. The number of fused-ring (bicyclic) bond motifs is 7. The maximum absolute atomic E-state index is 6.64. The van der Waals surface area contributed by atoms with Crippen molar-refractivity contribution >= 4 is 44.4 Å². The molecule has 9 rings (SSSR count). The number of benzene rings is 3. The maximum atomic E-state index is 6.64. The van der Waals surface area contributed by atoms with E-state index >= 15 is 0 Å². The SMILES string of the molecule is C1=CCCC(c2cc(-c3ccc4ccccc4n3)cc(N3C4=C(CCC=C4)c4c(oc5ccccc45)-c4ccncc43)c2)=C1. The molecule has 0 saturated carbocycles.